The zero-order valence-electron chi connectivity index (χ0n) is 21.6. The molecular formula is C29H27N3O6S. The summed E-state index contributed by atoms with van der Waals surface area (Å²) in [6, 6.07) is 23.0. The van der Waals surface area contributed by atoms with Crippen molar-refractivity contribution in [2.24, 2.45) is 5.10 Å². The van der Waals surface area contributed by atoms with Crippen molar-refractivity contribution in [1.82, 2.24) is 5.43 Å². The van der Waals surface area contributed by atoms with Crippen molar-refractivity contribution in [3.8, 4) is 11.3 Å². The van der Waals surface area contributed by atoms with Crippen molar-refractivity contribution in [1.29, 1.82) is 0 Å². The van der Waals surface area contributed by atoms with E-state index in [4.69, 9.17) is 9.15 Å². The molecular weight excluding hydrogens is 518 g/mol. The van der Waals surface area contributed by atoms with E-state index in [0.29, 0.717) is 34.9 Å². The molecule has 0 saturated carbocycles. The largest absolute Gasteiger partial charge is 0.462 e. The molecule has 0 aliphatic rings. The molecule has 1 N–H and O–H groups in total. The van der Waals surface area contributed by atoms with Crippen LogP contribution in [0.25, 0.3) is 11.3 Å². The predicted octanol–water partition coefficient (Wildman–Crippen LogP) is 5.02. The molecule has 0 saturated heterocycles. The van der Waals surface area contributed by atoms with Crippen LogP contribution in [0.5, 0.6) is 0 Å². The van der Waals surface area contributed by atoms with Gasteiger partial charge < -0.3 is 9.15 Å². The molecule has 10 heteroatoms. The Kier molecular flexibility index (Phi) is 8.26. The summed E-state index contributed by atoms with van der Waals surface area (Å²) in [4.78, 5) is 24.5. The summed E-state index contributed by atoms with van der Waals surface area (Å²) in [5, 5.41) is 3.94. The fourth-order valence-corrected chi connectivity index (χ4v) is 4.81. The first-order valence-electron chi connectivity index (χ1n) is 12.1. The van der Waals surface area contributed by atoms with Gasteiger partial charge in [-0.05, 0) is 74.5 Å². The number of rotatable bonds is 9. The molecule has 0 aliphatic heterocycles. The number of nitrogens with zero attached hydrogens (tertiary/aromatic N) is 2. The van der Waals surface area contributed by atoms with Gasteiger partial charge in [-0.15, -0.1) is 0 Å². The number of ether oxygens (including phenoxy) is 1. The third-order valence-corrected chi connectivity index (χ3v) is 7.64. The van der Waals surface area contributed by atoms with E-state index in [1.165, 1.54) is 25.4 Å². The minimum Gasteiger partial charge on any atom is -0.462 e. The van der Waals surface area contributed by atoms with Crippen LogP contribution in [0, 0.1) is 6.92 Å². The Bertz CT molecular complexity index is 1590. The van der Waals surface area contributed by atoms with Gasteiger partial charge in [0.2, 0.25) is 0 Å². The highest BCUT2D eigenvalue weighted by Crippen LogP contribution is 2.24. The van der Waals surface area contributed by atoms with E-state index < -0.39 is 15.9 Å². The minimum atomic E-state index is -3.74. The van der Waals surface area contributed by atoms with Crippen LogP contribution < -0.4 is 9.73 Å². The summed E-state index contributed by atoms with van der Waals surface area (Å²) in [5.41, 5.74) is 5.32. The molecule has 0 fully saturated rings. The number of benzene rings is 3. The lowest BCUT2D eigenvalue weighted by Gasteiger charge is -2.19. The van der Waals surface area contributed by atoms with Crippen LogP contribution in [0.15, 0.2) is 99.3 Å². The number of sulfonamides is 1. The van der Waals surface area contributed by atoms with Crippen molar-refractivity contribution in [3.63, 3.8) is 0 Å². The molecule has 1 heterocycles. The number of hydrogen-bond donors (Lipinski definition) is 1. The molecule has 0 bridgehead atoms. The standard InChI is InChI=1S/C29H27N3O6S/c1-4-37-29(34)23-9-7-21(8-10-23)27-18-15-25(38-27)19-30-31-28(33)22-11-13-24(14-12-22)32(3)39(35,36)26-16-5-20(2)6-17-26/h5-19H,4H2,1-3H3,(H,31,33)/b30-19-. The lowest BCUT2D eigenvalue weighted by atomic mass is 10.1. The quantitative estimate of drug-likeness (QED) is 0.179. The first-order valence-corrected chi connectivity index (χ1v) is 13.5. The van der Waals surface area contributed by atoms with Crippen molar-refractivity contribution in [2.75, 3.05) is 18.0 Å². The molecule has 39 heavy (non-hydrogen) atoms. The van der Waals surface area contributed by atoms with Gasteiger partial charge in [-0.3, -0.25) is 9.10 Å². The smallest absolute Gasteiger partial charge is 0.338 e. The van der Waals surface area contributed by atoms with Gasteiger partial charge in [0.15, 0.2) is 0 Å². The van der Waals surface area contributed by atoms with Gasteiger partial charge in [0.25, 0.3) is 15.9 Å². The molecule has 200 valence electrons. The number of esters is 1. The second-order valence-electron chi connectivity index (χ2n) is 8.53. The number of carbonyl (C=O) groups excluding carboxylic acids is 2. The molecule has 0 atom stereocenters. The first kappa shape index (κ1) is 27.3. The van der Waals surface area contributed by atoms with Crippen LogP contribution in [0.3, 0.4) is 0 Å². The number of nitrogens with one attached hydrogen (secondary N) is 1. The fourth-order valence-electron chi connectivity index (χ4n) is 3.61. The summed E-state index contributed by atoms with van der Waals surface area (Å²) in [6.45, 7) is 3.94. The van der Waals surface area contributed by atoms with E-state index in [2.05, 4.69) is 10.5 Å². The van der Waals surface area contributed by atoms with Gasteiger partial charge in [-0.1, -0.05) is 29.8 Å². The Labute approximate surface area is 226 Å². The molecule has 0 aliphatic carbocycles. The van der Waals surface area contributed by atoms with E-state index >= 15 is 0 Å². The molecule has 0 radical (unpaired) electrons. The van der Waals surface area contributed by atoms with Gasteiger partial charge in [-0.25, -0.2) is 18.6 Å². The third kappa shape index (κ3) is 6.42. The van der Waals surface area contributed by atoms with Gasteiger partial charge in [0, 0.05) is 18.2 Å². The number of anilines is 1. The van der Waals surface area contributed by atoms with E-state index in [-0.39, 0.29) is 10.9 Å². The molecule has 1 amide bonds. The minimum absolute atomic E-state index is 0.182. The van der Waals surface area contributed by atoms with Crippen LogP contribution >= 0.6 is 0 Å². The topological polar surface area (TPSA) is 118 Å². The van der Waals surface area contributed by atoms with Gasteiger partial charge in [0.1, 0.15) is 11.5 Å². The SMILES string of the molecule is CCOC(=O)c1ccc(-c2ccc(/C=N\NC(=O)c3ccc(N(C)S(=O)(=O)c4ccc(C)cc4)cc3)o2)cc1. The maximum atomic E-state index is 12.9. The average molecular weight is 546 g/mol. The summed E-state index contributed by atoms with van der Waals surface area (Å²) in [5.74, 6) is 0.126. The van der Waals surface area contributed by atoms with Gasteiger partial charge >= 0.3 is 5.97 Å². The summed E-state index contributed by atoms with van der Waals surface area (Å²) in [6.07, 6.45) is 1.37. The van der Waals surface area contributed by atoms with Crippen molar-refractivity contribution in [3.05, 3.63) is 107 Å². The maximum Gasteiger partial charge on any atom is 0.338 e. The zero-order valence-corrected chi connectivity index (χ0v) is 22.4. The highest BCUT2D eigenvalue weighted by atomic mass is 32.2. The molecule has 1 aromatic heterocycles. The molecule has 3 aromatic carbocycles. The number of hydrazone groups is 1. The number of amides is 1. The van der Waals surface area contributed by atoms with E-state index in [0.717, 1.165) is 15.4 Å². The number of furan rings is 1. The Morgan fingerprint density at radius 1 is 0.923 bits per heavy atom. The first-order chi connectivity index (χ1) is 18.7. The Morgan fingerprint density at radius 3 is 2.21 bits per heavy atom. The summed E-state index contributed by atoms with van der Waals surface area (Å²) < 4.78 is 37.7. The van der Waals surface area contributed by atoms with Crippen LogP contribution in [-0.2, 0) is 14.8 Å². The highest BCUT2D eigenvalue weighted by Gasteiger charge is 2.21. The van der Waals surface area contributed by atoms with Gasteiger partial charge in [0.05, 0.1) is 29.0 Å². The second kappa shape index (κ2) is 11.8. The van der Waals surface area contributed by atoms with Crippen LogP contribution in [0.2, 0.25) is 0 Å². The van der Waals surface area contributed by atoms with E-state index in [1.807, 2.05) is 6.92 Å². The fraction of sp³-hybridized carbons (Fsp3) is 0.138. The van der Waals surface area contributed by atoms with E-state index in [9.17, 15) is 18.0 Å². The molecule has 4 rings (SSSR count). The average Bonchev–Trinajstić information content (AvgIpc) is 3.42. The normalized spacial score (nSPS) is 11.4. The monoisotopic (exact) mass is 545 g/mol. The van der Waals surface area contributed by atoms with Crippen molar-refractivity contribution < 1.29 is 27.2 Å². The third-order valence-electron chi connectivity index (χ3n) is 5.84. The molecule has 0 spiro atoms. The molecule has 0 unspecified atom stereocenters. The lowest BCUT2D eigenvalue weighted by molar-refractivity contribution is 0.0526. The maximum absolute atomic E-state index is 12.9. The van der Waals surface area contributed by atoms with Crippen LogP contribution in [0.4, 0.5) is 5.69 Å². The number of aryl methyl sites for hydroxylation is 1. The number of hydrogen-bond acceptors (Lipinski definition) is 7. The van der Waals surface area contributed by atoms with E-state index in [1.54, 1.807) is 79.7 Å². The Hall–Kier alpha value is -4.70. The van der Waals surface area contributed by atoms with Crippen LogP contribution in [-0.4, -0.2) is 40.2 Å². The molecule has 4 aromatic rings. The predicted molar refractivity (Wildman–Crippen MR) is 148 cm³/mol. The summed E-state index contributed by atoms with van der Waals surface area (Å²) >= 11 is 0. The van der Waals surface area contributed by atoms with Crippen molar-refractivity contribution in [2.45, 2.75) is 18.7 Å². The number of carbonyl (C=O) groups is 2. The van der Waals surface area contributed by atoms with Gasteiger partial charge in [-0.2, -0.15) is 5.10 Å². The van der Waals surface area contributed by atoms with Crippen molar-refractivity contribution >= 4 is 33.8 Å². The highest BCUT2D eigenvalue weighted by molar-refractivity contribution is 7.92. The second-order valence-corrected chi connectivity index (χ2v) is 10.5. The summed E-state index contributed by atoms with van der Waals surface area (Å²) in [7, 11) is -2.28. The molecule has 9 nitrogen and oxygen atoms in total. The Morgan fingerprint density at radius 2 is 1.56 bits per heavy atom. The van der Waals surface area contributed by atoms with Crippen LogP contribution in [0.1, 0.15) is 39.0 Å². The lowest BCUT2D eigenvalue weighted by Crippen LogP contribution is -2.26. The Balaban J connectivity index is 1.36. The zero-order chi connectivity index (χ0) is 28.0.